The lowest BCUT2D eigenvalue weighted by Gasteiger charge is -2.10. The average molecular weight is 219 g/mol. The molecular formula is C14H21NO. The largest absolute Gasteiger partial charge is 0.466 e. The lowest BCUT2D eigenvalue weighted by Crippen LogP contribution is -2.22. The third-order valence-electron chi connectivity index (χ3n) is 4.30. The van der Waals surface area contributed by atoms with E-state index in [9.17, 15) is 0 Å². The predicted molar refractivity (Wildman–Crippen MR) is 64.7 cm³/mol. The van der Waals surface area contributed by atoms with Crippen LogP contribution in [0.1, 0.15) is 43.3 Å². The van der Waals surface area contributed by atoms with Gasteiger partial charge in [-0.3, -0.25) is 0 Å². The van der Waals surface area contributed by atoms with Crippen LogP contribution in [0, 0.1) is 19.8 Å². The summed E-state index contributed by atoms with van der Waals surface area (Å²) in [5.41, 5.74) is 1.82. The summed E-state index contributed by atoms with van der Waals surface area (Å²) in [6, 6.07) is 3.06. The molecule has 1 heterocycles. The maximum atomic E-state index is 5.65. The van der Waals surface area contributed by atoms with Crippen molar-refractivity contribution in [2.75, 3.05) is 6.54 Å². The van der Waals surface area contributed by atoms with Crippen molar-refractivity contribution in [3.63, 3.8) is 0 Å². The van der Waals surface area contributed by atoms with Crippen LogP contribution in [0.15, 0.2) is 10.5 Å². The molecule has 2 heteroatoms. The van der Waals surface area contributed by atoms with Gasteiger partial charge in [0.15, 0.2) is 0 Å². The molecule has 2 aliphatic rings. The van der Waals surface area contributed by atoms with Crippen molar-refractivity contribution >= 4 is 0 Å². The van der Waals surface area contributed by atoms with E-state index in [0.717, 1.165) is 23.5 Å². The maximum absolute atomic E-state index is 5.65. The van der Waals surface area contributed by atoms with E-state index in [-0.39, 0.29) is 0 Å². The Morgan fingerprint density at radius 1 is 1.44 bits per heavy atom. The Labute approximate surface area is 97.4 Å². The van der Waals surface area contributed by atoms with E-state index in [1.54, 1.807) is 0 Å². The highest BCUT2D eigenvalue weighted by atomic mass is 16.3. The summed E-state index contributed by atoms with van der Waals surface area (Å²) in [4.78, 5) is 0. The molecule has 0 aliphatic heterocycles. The molecule has 2 unspecified atom stereocenters. The third-order valence-corrected chi connectivity index (χ3v) is 4.30. The van der Waals surface area contributed by atoms with E-state index >= 15 is 0 Å². The molecule has 2 fully saturated rings. The highest BCUT2D eigenvalue weighted by Gasteiger charge is 2.52. The van der Waals surface area contributed by atoms with Crippen molar-refractivity contribution in [1.29, 1.82) is 0 Å². The molecule has 2 atom stereocenters. The highest BCUT2D eigenvalue weighted by molar-refractivity contribution is 5.36. The van der Waals surface area contributed by atoms with Gasteiger partial charge in [-0.15, -0.1) is 0 Å². The smallest absolute Gasteiger partial charge is 0.104 e. The van der Waals surface area contributed by atoms with Crippen molar-refractivity contribution in [2.24, 2.45) is 5.92 Å². The first-order valence-electron chi connectivity index (χ1n) is 6.40. The summed E-state index contributed by atoms with van der Waals surface area (Å²) in [6.07, 6.45) is 4.08. The van der Waals surface area contributed by atoms with E-state index < -0.39 is 0 Å². The van der Waals surface area contributed by atoms with E-state index in [1.165, 1.54) is 31.4 Å². The molecule has 1 aromatic rings. The van der Waals surface area contributed by atoms with Crippen LogP contribution in [0.2, 0.25) is 0 Å². The van der Waals surface area contributed by atoms with Crippen molar-refractivity contribution < 1.29 is 4.42 Å². The predicted octanol–water partition coefficient (Wildman–Crippen LogP) is 2.93. The van der Waals surface area contributed by atoms with Crippen LogP contribution in [0.5, 0.6) is 0 Å². The van der Waals surface area contributed by atoms with Crippen LogP contribution in [-0.2, 0) is 5.41 Å². The molecular weight excluding hydrogens is 198 g/mol. The number of hydrogen-bond acceptors (Lipinski definition) is 2. The number of hydrogen-bond donors (Lipinski definition) is 1. The lowest BCUT2D eigenvalue weighted by atomic mass is 9.95. The molecule has 1 N–H and O–H groups in total. The second kappa shape index (κ2) is 3.36. The maximum Gasteiger partial charge on any atom is 0.104 e. The second-order valence-corrected chi connectivity index (χ2v) is 5.83. The van der Waals surface area contributed by atoms with Gasteiger partial charge in [0, 0.05) is 11.5 Å². The normalized spacial score (nSPS) is 33.1. The molecule has 1 aromatic heterocycles. The topological polar surface area (TPSA) is 25.2 Å². The van der Waals surface area contributed by atoms with Crippen LogP contribution in [0.4, 0.5) is 0 Å². The zero-order valence-electron chi connectivity index (χ0n) is 10.5. The zero-order chi connectivity index (χ0) is 11.3. The summed E-state index contributed by atoms with van der Waals surface area (Å²) < 4.78 is 5.65. The summed E-state index contributed by atoms with van der Waals surface area (Å²) >= 11 is 0. The molecule has 16 heavy (non-hydrogen) atoms. The number of aryl methyl sites for hydroxylation is 2. The van der Waals surface area contributed by atoms with E-state index in [0.29, 0.717) is 5.41 Å². The minimum Gasteiger partial charge on any atom is -0.466 e. The number of rotatable bonds is 4. The highest BCUT2D eigenvalue weighted by Crippen LogP contribution is 2.55. The number of furan rings is 1. The van der Waals surface area contributed by atoms with E-state index in [4.69, 9.17) is 4.42 Å². The Hall–Kier alpha value is -0.760. The Morgan fingerprint density at radius 2 is 2.19 bits per heavy atom. The first-order valence-corrected chi connectivity index (χ1v) is 6.40. The number of nitrogens with one attached hydrogen (secondary N) is 1. The summed E-state index contributed by atoms with van der Waals surface area (Å²) in [5, 5.41) is 3.64. The molecule has 0 aromatic carbocycles. The van der Waals surface area contributed by atoms with Gasteiger partial charge in [-0.2, -0.15) is 0 Å². The van der Waals surface area contributed by atoms with Gasteiger partial charge in [0.1, 0.15) is 11.5 Å². The Kier molecular flexibility index (Phi) is 2.19. The minimum atomic E-state index is 0.379. The summed E-state index contributed by atoms with van der Waals surface area (Å²) in [7, 11) is 0. The fraction of sp³-hybridized carbons (Fsp3) is 0.714. The Morgan fingerprint density at radius 3 is 2.75 bits per heavy atom. The van der Waals surface area contributed by atoms with Gasteiger partial charge in [-0.1, -0.05) is 6.92 Å². The third kappa shape index (κ3) is 1.69. The molecule has 0 amide bonds. The summed E-state index contributed by atoms with van der Waals surface area (Å²) in [6.45, 7) is 7.70. The molecule has 2 aliphatic carbocycles. The minimum absolute atomic E-state index is 0.379. The van der Waals surface area contributed by atoms with Gasteiger partial charge in [0.2, 0.25) is 0 Å². The van der Waals surface area contributed by atoms with Gasteiger partial charge < -0.3 is 9.73 Å². The Balaban J connectivity index is 1.68. The lowest BCUT2D eigenvalue weighted by molar-refractivity contribution is 0.493. The molecule has 3 rings (SSSR count). The van der Waals surface area contributed by atoms with Crippen molar-refractivity contribution in [3.8, 4) is 0 Å². The SMILES string of the molecule is Cc1cc(C2(C)CC2CNC2CC2)c(C)o1. The fourth-order valence-electron chi connectivity index (χ4n) is 2.87. The quantitative estimate of drug-likeness (QED) is 0.842. The first-order chi connectivity index (χ1) is 7.59. The Bertz CT molecular complexity index is 405. The molecule has 0 spiro atoms. The van der Waals surface area contributed by atoms with Crippen LogP contribution in [0.25, 0.3) is 0 Å². The van der Waals surface area contributed by atoms with Crippen LogP contribution < -0.4 is 5.32 Å². The van der Waals surface area contributed by atoms with Crippen molar-refractivity contribution in [3.05, 3.63) is 23.2 Å². The standard InChI is InChI=1S/C14H21NO/c1-9-6-13(10(2)16-9)14(3)7-11(14)8-15-12-4-5-12/h6,11-12,15H,4-5,7-8H2,1-3H3. The van der Waals surface area contributed by atoms with Gasteiger partial charge in [0.25, 0.3) is 0 Å². The van der Waals surface area contributed by atoms with E-state index in [1.807, 2.05) is 6.92 Å². The monoisotopic (exact) mass is 219 g/mol. The molecule has 2 nitrogen and oxygen atoms in total. The van der Waals surface area contributed by atoms with Crippen LogP contribution >= 0.6 is 0 Å². The summed E-state index contributed by atoms with van der Waals surface area (Å²) in [5.74, 6) is 2.98. The molecule has 0 radical (unpaired) electrons. The van der Waals surface area contributed by atoms with Crippen LogP contribution in [0.3, 0.4) is 0 Å². The van der Waals surface area contributed by atoms with E-state index in [2.05, 4.69) is 25.2 Å². The van der Waals surface area contributed by atoms with Crippen molar-refractivity contribution in [2.45, 2.75) is 51.5 Å². The fourth-order valence-corrected chi connectivity index (χ4v) is 2.87. The van der Waals surface area contributed by atoms with Crippen molar-refractivity contribution in [1.82, 2.24) is 5.32 Å². The molecule has 0 bridgehead atoms. The molecule has 88 valence electrons. The van der Waals surface area contributed by atoms with Crippen LogP contribution in [-0.4, -0.2) is 12.6 Å². The zero-order valence-corrected chi connectivity index (χ0v) is 10.5. The average Bonchev–Trinajstić information content (AvgIpc) is 3.09. The second-order valence-electron chi connectivity index (χ2n) is 5.83. The first kappa shape index (κ1) is 10.4. The molecule has 0 saturated heterocycles. The van der Waals surface area contributed by atoms with Gasteiger partial charge in [-0.25, -0.2) is 0 Å². The van der Waals surface area contributed by atoms with Gasteiger partial charge in [-0.05, 0) is 57.2 Å². The molecule has 2 saturated carbocycles. The van der Waals surface area contributed by atoms with Gasteiger partial charge in [0.05, 0.1) is 0 Å². The van der Waals surface area contributed by atoms with Gasteiger partial charge >= 0.3 is 0 Å².